The molecule has 0 aliphatic rings. The Kier molecular flexibility index (Phi) is 6.29. The fourth-order valence-corrected chi connectivity index (χ4v) is 5.58. The lowest BCUT2D eigenvalue weighted by Gasteiger charge is -2.18. The molecule has 0 aromatic heterocycles. The Labute approximate surface area is 207 Å². The zero-order valence-electron chi connectivity index (χ0n) is 19.4. The first-order valence-corrected chi connectivity index (χ1v) is 12.1. The van der Waals surface area contributed by atoms with Gasteiger partial charge in [-0.2, -0.15) is 0 Å². The summed E-state index contributed by atoms with van der Waals surface area (Å²) in [6.45, 7) is 2.62. The van der Waals surface area contributed by atoms with E-state index >= 15 is 0 Å². The van der Waals surface area contributed by atoms with Crippen LogP contribution in [0.3, 0.4) is 0 Å². The first-order chi connectivity index (χ1) is 17.1. The molecule has 0 spiro atoms. The summed E-state index contributed by atoms with van der Waals surface area (Å²) in [5.41, 5.74) is 3.25. The summed E-state index contributed by atoms with van der Waals surface area (Å²) in [7, 11) is 1.67. The number of nitro benzene ring substituents is 1. The SMILES string of the molecule is COc1ccccc1NCc1c2ccccc2c(Sc2cc([N+](=O)[O-])ccc2C)c2ccccc12. The molecule has 1 N–H and O–H groups in total. The number of hydrogen-bond donors (Lipinski definition) is 1. The van der Waals surface area contributed by atoms with Gasteiger partial charge in [0.2, 0.25) is 0 Å². The Morgan fingerprint density at radius 1 is 0.857 bits per heavy atom. The van der Waals surface area contributed by atoms with Crippen LogP contribution >= 0.6 is 11.8 Å². The van der Waals surface area contributed by atoms with Crippen LogP contribution in [-0.2, 0) is 6.54 Å². The van der Waals surface area contributed by atoms with Crippen molar-refractivity contribution in [2.24, 2.45) is 0 Å². The van der Waals surface area contributed by atoms with Crippen LogP contribution in [0.5, 0.6) is 5.75 Å². The Morgan fingerprint density at radius 2 is 1.46 bits per heavy atom. The number of aryl methyl sites for hydroxylation is 1. The minimum absolute atomic E-state index is 0.101. The molecular formula is C29H24N2O3S. The smallest absolute Gasteiger partial charge is 0.270 e. The highest BCUT2D eigenvalue weighted by Gasteiger charge is 2.17. The van der Waals surface area contributed by atoms with Crippen molar-refractivity contribution >= 4 is 44.7 Å². The second-order valence-electron chi connectivity index (χ2n) is 8.26. The van der Waals surface area contributed by atoms with Crippen LogP contribution < -0.4 is 10.1 Å². The van der Waals surface area contributed by atoms with Gasteiger partial charge in [0.25, 0.3) is 5.69 Å². The number of anilines is 1. The van der Waals surface area contributed by atoms with Gasteiger partial charge in [0.1, 0.15) is 5.75 Å². The van der Waals surface area contributed by atoms with Gasteiger partial charge in [0.05, 0.1) is 17.7 Å². The molecule has 5 nitrogen and oxygen atoms in total. The van der Waals surface area contributed by atoms with Gasteiger partial charge >= 0.3 is 0 Å². The maximum Gasteiger partial charge on any atom is 0.270 e. The van der Waals surface area contributed by atoms with Crippen molar-refractivity contribution in [1.82, 2.24) is 0 Å². The van der Waals surface area contributed by atoms with Crippen molar-refractivity contribution in [3.8, 4) is 5.75 Å². The lowest BCUT2D eigenvalue weighted by atomic mass is 9.96. The molecule has 0 unspecified atom stereocenters. The number of ether oxygens (including phenoxy) is 1. The molecule has 0 saturated heterocycles. The molecule has 5 rings (SSSR count). The summed E-state index contributed by atoms with van der Waals surface area (Å²) in [4.78, 5) is 13.0. The van der Waals surface area contributed by atoms with Gasteiger partial charge < -0.3 is 10.1 Å². The van der Waals surface area contributed by atoms with Gasteiger partial charge in [-0.3, -0.25) is 10.1 Å². The topological polar surface area (TPSA) is 64.4 Å². The summed E-state index contributed by atoms with van der Waals surface area (Å²) < 4.78 is 5.52. The number of nitrogens with zero attached hydrogens (tertiary/aromatic N) is 1. The van der Waals surface area contributed by atoms with E-state index in [1.807, 2.05) is 49.4 Å². The van der Waals surface area contributed by atoms with Crippen molar-refractivity contribution in [2.45, 2.75) is 23.3 Å². The van der Waals surface area contributed by atoms with Crippen molar-refractivity contribution < 1.29 is 9.66 Å². The molecule has 0 fully saturated rings. The monoisotopic (exact) mass is 480 g/mol. The van der Waals surface area contributed by atoms with E-state index in [0.717, 1.165) is 48.3 Å². The van der Waals surface area contributed by atoms with E-state index in [4.69, 9.17) is 4.74 Å². The van der Waals surface area contributed by atoms with E-state index in [1.165, 1.54) is 5.56 Å². The summed E-state index contributed by atoms with van der Waals surface area (Å²) >= 11 is 1.59. The van der Waals surface area contributed by atoms with Gasteiger partial charge in [0, 0.05) is 28.5 Å². The molecule has 0 radical (unpaired) electrons. The molecule has 0 amide bonds. The predicted molar refractivity (Wildman–Crippen MR) is 144 cm³/mol. The fraction of sp³-hybridized carbons (Fsp3) is 0.103. The fourth-order valence-electron chi connectivity index (χ4n) is 4.38. The number of rotatable bonds is 7. The molecule has 0 atom stereocenters. The van der Waals surface area contributed by atoms with Gasteiger partial charge in [-0.05, 0) is 51.7 Å². The third-order valence-corrected chi connectivity index (χ3v) is 7.45. The number of benzene rings is 5. The van der Waals surface area contributed by atoms with Crippen LogP contribution in [0.1, 0.15) is 11.1 Å². The maximum absolute atomic E-state index is 11.4. The second kappa shape index (κ2) is 9.68. The summed E-state index contributed by atoms with van der Waals surface area (Å²) in [5.74, 6) is 0.800. The van der Waals surface area contributed by atoms with Crippen LogP contribution in [0.2, 0.25) is 0 Å². The van der Waals surface area contributed by atoms with E-state index in [0.29, 0.717) is 6.54 Å². The number of methoxy groups -OCH3 is 1. The molecule has 0 saturated carbocycles. The zero-order valence-corrected chi connectivity index (χ0v) is 20.3. The molecule has 35 heavy (non-hydrogen) atoms. The number of non-ortho nitro benzene ring substituents is 1. The average Bonchev–Trinajstić information content (AvgIpc) is 2.89. The molecule has 0 aliphatic heterocycles. The molecule has 0 bridgehead atoms. The quantitative estimate of drug-likeness (QED) is 0.145. The lowest BCUT2D eigenvalue weighted by Crippen LogP contribution is -2.03. The molecule has 0 aliphatic carbocycles. The van der Waals surface area contributed by atoms with E-state index in [9.17, 15) is 10.1 Å². The van der Waals surface area contributed by atoms with Crippen molar-refractivity contribution in [2.75, 3.05) is 12.4 Å². The van der Waals surface area contributed by atoms with Crippen LogP contribution in [-0.4, -0.2) is 12.0 Å². The number of fused-ring (bicyclic) bond motifs is 2. The van der Waals surface area contributed by atoms with Gasteiger partial charge in [0.15, 0.2) is 0 Å². The Morgan fingerprint density at radius 3 is 2.09 bits per heavy atom. The third-order valence-electron chi connectivity index (χ3n) is 6.15. The van der Waals surface area contributed by atoms with Crippen LogP contribution in [0.15, 0.2) is 101 Å². The Balaban J connectivity index is 1.66. The number of para-hydroxylation sites is 2. The summed E-state index contributed by atoms with van der Waals surface area (Å²) in [6.07, 6.45) is 0. The number of nitro groups is 1. The maximum atomic E-state index is 11.4. The van der Waals surface area contributed by atoms with Crippen molar-refractivity contribution in [3.63, 3.8) is 0 Å². The number of hydrogen-bond acceptors (Lipinski definition) is 5. The summed E-state index contributed by atoms with van der Waals surface area (Å²) in [6, 6.07) is 29.7. The van der Waals surface area contributed by atoms with Gasteiger partial charge in [-0.25, -0.2) is 0 Å². The minimum Gasteiger partial charge on any atom is -0.495 e. The van der Waals surface area contributed by atoms with E-state index < -0.39 is 0 Å². The third kappa shape index (κ3) is 4.40. The van der Waals surface area contributed by atoms with Gasteiger partial charge in [-0.1, -0.05) is 78.5 Å². The first kappa shape index (κ1) is 22.7. The predicted octanol–water partition coefficient (Wildman–Crippen LogP) is 7.98. The Hall–Kier alpha value is -4.03. The van der Waals surface area contributed by atoms with Crippen LogP contribution in [0, 0.1) is 17.0 Å². The minimum atomic E-state index is -0.341. The van der Waals surface area contributed by atoms with Gasteiger partial charge in [-0.15, -0.1) is 0 Å². The lowest BCUT2D eigenvalue weighted by molar-refractivity contribution is -0.385. The van der Waals surface area contributed by atoms with Crippen molar-refractivity contribution in [3.05, 3.63) is 112 Å². The van der Waals surface area contributed by atoms with E-state index in [2.05, 4.69) is 41.7 Å². The molecule has 6 heteroatoms. The summed E-state index contributed by atoms with van der Waals surface area (Å²) in [5, 5.41) is 19.5. The van der Waals surface area contributed by atoms with Crippen molar-refractivity contribution in [1.29, 1.82) is 0 Å². The standard InChI is InChI=1S/C29H24N2O3S/c1-19-15-16-20(31(32)33)17-28(19)35-29-23-11-5-3-9-21(23)25(22-10-4-6-12-24(22)29)18-30-26-13-7-8-14-27(26)34-2/h3-17,30H,18H2,1-2H3. The average molecular weight is 481 g/mol. The van der Waals surface area contributed by atoms with Crippen LogP contribution in [0.25, 0.3) is 21.5 Å². The highest BCUT2D eigenvalue weighted by atomic mass is 32.2. The molecule has 5 aromatic rings. The molecule has 5 aromatic carbocycles. The van der Waals surface area contributed by atoms with E-state index in [-0.39, 0.29) is 10.6 Å². The highest BCUT2D eigenvalue weighted by Crippen LogP contribution is 2.43. The molecule has 0 heterocycles. The number of nitrogens with one attached hydrogen (secondary N) is 1. The first-order valence-electron chi connectivity index (χ1n) is 11.3. The largest absolute Gasteiger partial charge is 0.495 e. The molecular weight excluding hydrogens is 456 g/mol. The Bertz CT molecular complexity index is 1510. The highest BCUT2D eigenvalue weighted by molar-refractivity contribution is 7.99. The molecule has 174 valence electrons. The second-order valence-corrected chi connectivity index (χ2v) is 9.31. The zero-order chi connectivity index (χ0) is 24.4. The normalized spacial score (nSPS) is 11.0. The van der Waals surface area contributed by atoms with E-state index in [1.54, 1.807) is 31.0 Å². The van der Waals surface area contributed by atoms with Crippen LogP contribution in [0.4, 0.5) is 11.4 Å².